The van der Waals surface area contributed by atoms with Crippen LogP contribution in [-0.4, -0.2) is 10.1 Å². The molecule has 0 atom stereocenters. The zero-order chi connectivity index (χ0) is 27.1. The molecule has 0 aliphatic carbocycles. The largest absolute Gasteiger partial charge is 0.417 e. The van der Waals surface area contributed by atoms with Crippen molar-refractivity contribution in [1.29, 1.82) is 0 Å². The Hall–Kier alpha value is -3.22. The first-order valence-corrected chi connectivity index (χ1v) is 13.5. The number of rotatable bonds is 7. The topological polar surface area (TPSA) is 15.6 Å². The van der Waals surface area contributed by atoms with Crippen molar-refractivity contribution < 1.29 is 13.2 Å². The predicted octanol–water partition coefficient (Wildman–Crippen LogP) is 9.71. The molecular weight excluding hydrogens is 525 g/mol. The highest BCUT2D eigenvalue weighted by atomic mass is 35.5. The van der Waals surface area contributed by atoms with Gasteiger partial charge in [-0.25, -0.2) is 4.99 Å². The first-order chi connectivity index (χ1) is 18.2. The van der Waals surface area contributed by atoms with Gasteiger partial charge in [0.15, 0.2) is 5.17 Å². The van der Waals surface area contributed by atoms with Crippen LogP contribution in [-0.2, 0) is 25.7 Å². The fraction of sp³-hybridized carbons (Fsp3) is 0.194. The van der Waals surface area contributed by atoms with Crippen molar-refractivity contribution in [1.82, 2.24) is 4.90 Å². The van der Waals surface area contributed by atoms with Gasteiger partial charge in [-0.05, 0) is 59.9 Å². The molecule has 0 spiro atoms. The van der Waals surface area contributed by atoms with Crippen molar-refractivity contribution in [2.24, 2.45) is 4.99 Å². The summed E-state index contributed by atoms with van der Waals surface area (Å²) in [6.45, 7) is 5.22. The van der Waals surface area contributed by atoms with Gasteiger partial charge in [-0.2, -0.15) is 13.2 Å². The van der Waals surface area contributed by atoms with Crippen molar-refractivity contribution >= 4 is 34.2 Å². The molecule has 2 nitrogen and oxygen atoms in total. The average molecular weight is 553 g/mol. The quantitative estimate of drug-likeness (QED) is 0.129. The third kappa shape index (κ3) is 7.42. The summed E-state index contributed by atoms with van der Waals surface area (Å²) in [6.07, 6.45) is -3.65. The molecule has 0 amide bonds. The molecule has 0 aliphatic rings. The van der Waals surface area contributed by atoms with Gasteiger partial charge in [0.1, 0.15) is 0 Å². The number of halogens is 4. The zero-order valence-electron chi connectivity index (χ0n) is 21.2. The Balaban J connectivity index is 1.82. The molecule has 4 rings (SSSR count). The van der Waals surface area contributed by atoms with Crippen LogP contribution in [0.25, 0.3) is 0 Å². The number of aryl methyl sites for hydroxylation is 2. The van der Waals surface area contributed by atoms with E-state index in [-0.39, 0.29) is 10.7 Å². The SMILES string of the molecule is CCc1ccc(SC(=Nc2ccc(Cl)c(C(F)(F)F)c2)N(Cc2ccccc2)Cc2ccccc2)c(C)c1. The van der Waals surface area contributed by atoms with Crippen molar-refractivity contribution in [2.45, 2.75) is 44.4 Å². The second kappa shape index (κ2) is 12.5. The van der Waals surface area contributed by atoms with Gasteiger partial charge in [-0.1, -0.05) is 103 Å². The Morgan fingerprint density at radius 2 is 1.42 bits per heavy atom. The molecule has 0 bridgehead atoms. The molecule has 7 heteroatoms. The first kappa shape index (κ1) is 27.8. The van der Waals surface area contributed by atoms with Gasteiger partial charge in [-0.3, -0.25) is 0 Å². The zero-order valence-corrected chi connectivity index (χ0v) is 22.7. The molecular formula is C31H28ClF3N2S. The van der Waals surface area contributed by atoms with Crippen LogP contribution in [0.4, 0.5) is 18.9 Å². The third-order valence-electron chi connectivity index (χ3n) is 6.03. The molecule has 0 aliphatic heterocycles. The van der Waals surface area contributed by atoms with Crippen LogP contribution in [0.15, 0.2) is 107 Å². The van der Waals surface area contributed by atoms with E-state index in [1.54, 1.807) is 0 Å². The lowest BCUT2D eigenvalue weighted by molar-refractivity contribution is -0.137. The highest BCUT2D eigenvalue weighted by Gasteiger charge is 2.33. The van der Waals surface area contributed by atoms with Gasteiger partial charge in [0.2, 0.25) is 0 Å². The number of nitrogens with zero attached hydrogens (tertiary/aromatic N) is 2. The Kier molecular flexibility index (Phi) is 9.18. The number of hydrogen-bond donors (Lipinski definition) is 0. The first-order valence-electron chi connectivity index (χ1n) is 12.3. The fourth-order valence-electron chi connectivity index (χ4n) is 4.01. The van der Waals surface area contributed by atoms with Crippen LogP contribution in [0, 0.1) is 6.92 Å². The van der Waals surface area contributed by atoms with Crippen LogP contribution in [0.3, 0.4) is 0 Å². The summed E-state index contributed by atoms with van der Waals surface area (Å²) in [7, 11) is 0. The molecule has 0 saturated carbocycles. The van der Waals surface area contributed by atoms with Gasteiger partial charge in [0.25, 0.3) is 0 Å². The van der Waals surface area contributed by atoms with E-state index in [0.29, 0.717) is 18.3 Å². The molecule has 0 radical (unpaired) electrons. The normalized spacial score (nSPS) is 12.0. The number of amidine groups is 1. The number of hydrogen-bond acceptors (Lipinski definition) is 2. The van der Waals surface area contributed by atoms with Gasteiger partial charge >= 0.3 is 6.18 Å². The maximum atomic E-state index is 13.6. The van der Waals surface area contributed by atoms with E-state index in [9.17, 15) is 13.2 Å². The van der Waals surface area contributed by atoms with E-state index in [1.165, 1.54) is 29.5 Å². The summed E-state index contributed by atoms with van der Waals surface area (Å²) in [5.74, 6) is 0. The molecule has 196 valence electrons. The second-order valence-electron chi connectivity index (χ2n) is 8.94. The van der Waals surface area contributed by atoms with Crippen LogP contribution in [0.1, 0.15) is 34.7 Å². The number of aliphatic imine (C=N–C) groups is 1. The monoisotopic (exact) mass is 552 g/mol. The summed E-state index contributed by atoms with van der Waals surface area (Å²) in [5.41, 5.74) is 3.75. The maximum Gasteiger partial charge on any atom is 0.417 e. The summed E-state index contributed by atoms with van der Waals surface area (Å²) in [4.78, 5) is 7.89. The van der Waals surface area contributed by atoms with Crippen LogP contribution in [0.2, 0.25) is 5.02 Å². The molecule has 0 heterocycles. The summed E-state index contributed by atoms with van der Waals surface area (Å²) in [6, 6.07) is 30.0. The highest BCUT2D eigenvalue weighted by Crippen LogP contribution is 2.38. The lowest BCUT2D eigenvalue weighted by atomic mass is 10.1. The minimum atomic E-state index is -4.57. The molecule has 0 N–H and O–H groups in total. The summed E-state index contributed by atoms with van der Waals surface area (Å²) in [5, 5.41) is 0.252. The Bertz CT molecular complexity index is 1350. The smallest absolute Gasteiger partial charge is 0.342 e. The van der Waals surface area contributed by atoms with Crippen molar-refractivity contribution in [3.63, 3.8) is 0 Å². The van der Waals surface area contributed by atoms with E-state index in [0.717, 1.165) is 34.1 Å². The highest BCUT2D eigenvalue weighted by molar-refractivity contribution is 8.13. The molecule has 4 aromatic carbocycles. The molecule has 0 fully saturated rings. The van der Waals surface area contributed by atoms with E-state index in [1.807, 2.05) is 67.6 Å². The molecule has 0 saturated heterocycles. The molecule has 38 heavy (non-hydrogen) atoms. The summed E-state index contributed by atoms with van der Waals surface area (Å²) < 4.78 is 40.9. The fourth-order valence-corrected chi connectivity index (χ4v) is 5.20. The molecule has 0 aromatic heterocycles. The Morgan fingerprint density at radius 3 is 1.95 bits per heavy atom. The van der Waals surface area contributed by atoms with Crippen LogP contribution < -0.4 is 0 Å². The van der Waals surface area contributed by atoms with Crippen molar-refractivity contribution in [2.75, 3.05) is 0 Å². The van der Waals surface area contributed by atoms with E-state index in [2.05, 4.69) is 30.0 Å². The predicted molar refractivity (Wildman–Crippen MR) is 152 cm³/mol. The van der Waals surface area contributed by atoms with Gasteiger partial charge in [0.05, 0.1) is 16.3 Å². The number of thioether (sulfide) groups is 1. The van der Waals surface area contributed by atoms with Crippen molar-refractivity contribution in [3.8, 4) is 0 Å². The number of alkyl halides is 3. The van der Waals surface area contributed by atoms with Gasteiger partial charge < -0.3 is 4.90 Å². The molecule has 4 aromatic rings. The van der Waals surface area contributed by atoms with E-state index < -0.39 is 11.7 Å². The third-order valence-corrected chi connectivity index (χ3v) is 7.57. The average Bonchev–Trinajstić information content (AvgIpc) is 2.90. The van der Waals surface area contributed by atoms with Gasteiger partial charge in [-0.15, -0.1) is 0 Å². The minimum Gasteiger partial charge on any atom is -0.342 e. The Morgan fingerprint density at radius 1 is 0.816 bits per heavy atom. The van der Waals surface area contributed by atoms with Crippen LogP contribution in [0.5, 0.6) is 0 Å². The van der Waals surface area contributed by atoms with E-state index in [4.69, 9.17) is 16.6 Å². The lowest BCUT2D eigenvalue weighted by Crippen LogP contribution is -2.28. The van der Waals surface area contributed by atoms with Crippen molar-refractivity contribution in [3.05, 3.63) is 130 Å². The standard InChI is InChI=1S/C31H28ClF3N2S/c1-3-23-14-17-29(22(2)18-23)38-30(36-26-15-16-28(32)27(19-26)31(33,34)35)37(20-24-10-6-4-7-11-24)21-25-12-8-5-9-13-25/h4-19H,3,20-21H2,1-2H3. The minimum absolute atomic E-state index is 0.193. The summed E-state index contributed by atoms with van der Waals surface area (Å²) >= 11 is 7.34. The molecule has 0 unspecified atom stereocenters. The second-order valence-corrected chi connectivity index (χ2v) is 10.4. The van der Waals surface area contributed by atoms with E-state index >= 15 is 0 Å². The maximum absolute atomic E-state index is 13.6. The lowest BCUT2D eigenvalue weighted by Gasteiger charge is -2.27. The van der Waals surface area contributed by atoms with Crippen LogP contribution >= 0.6 is 23.4 Å². The Labute approximate surface area is 231 Å². The number of benzene rings is 4. The van der Waals surface area contributed by atoms with Gasteiger partial charge in [0, 0.05) is 18.0 Å².